The first kappa shape index (κ1) is 11.9. The molecule has 4 nitrogen and oxygen atoms in total. The maximum atomic E-state index is 11.4. The molecule has 1 heterocycles. The van der Waals surface area contributed by atoms with E-state index in [-0.39, 0.29) is 12.5 Å². The minimum absolute atomic E-state index is 0.148. The lowest BCUT2D eigenvalue weighted by molar-refractivity contribution is 0.0947. The van der Waals surface area contributed by atoms with Crippen LogP contribution in [0.15, 0.2) is 18.3 Å². The second kappa shape index (κ2) is 6.37. The number of nitrogens with one attached hydrogen (secondary N) is 1. The topological polar surface area (TPSA) is 62.2 Å². The van der Waals surface area contributed by atoms with Crippen molar-refractivity contribution in [2.24, 2.45) is 0 Å². The largest absolute Gasteiger partial charge is 0.396 e. The van der Waals surface area contributed by atoms with Crippen molar-refractivity contribution < 1.29 is 9.90 Å². The molecule has 0 saturated heterocycles. The maximum Gasteiger partial charge on any atom is 0.269 e. The summed E-state index contributed by atoms with van der Waals surface area (Å²) < 4.78 is 0. The number of nitrogens with zero attached hydrogens (tertiary/aromatic N) is 1. The fraction of sp³-hybridized carbons (Fsp3) is 0.400. The van der Waals surface area contributed by atoms with E-state index in [1.165, 1.54) is 6.20 Å². The third-order valence-corrected chi connectivity index (χ3v) is 2.05. The van der Waals surface area contributed by atoms with Gasteiger partial charge in [0.1, 0.15) is 5.69 Å². The monoisotopic (exact) mass is 228 g/mol. The highest BCUT2D eigenvalue weighted by molar-refractivity contribution is 6.30. The summed E-state index contributed by atoms with van der Waals surface area (Å²) in [7, 11) is 0. The molecule has 82 valence electrons. The van der Waals surface area contributed by atoms with Crippen LogP contribution in [0.1, 0.15) is 23.3 Å². The van der Waals surface area contributed by atoms with Gasteiger partial charge < -0.3 is 10.4 Å². The van der Waals surface area contributed by atoms with Crippen LogP contribution in [0.4, 0.5) is 0 Å². The fourth-order valence-corrected chi connectivity index (χ4v) is 1.15. The Bertz CT molecular complexity index is 314. The van der Waals surface area contributed by atoms with Crippen LogP contribution in [-0.2, 0) is 0 Å². The van der Waals surface area contributed by atoms with Crippen LogP contribution in [0.2, 0.25) is 5.02 Å². The Morgan fingerprint density at radius 2 is 2.27 bits per heavy atom. The van der Waals surface area contributed by atoms with Crippen molar-refractivity contribution in [3.05, 3.63) is 29.0 Å². The molecule has 1 aromatic heterocycles. The van der Waals surface area contributed by atoms with Crippen LogP contribution >= 0.6 is 11.6 Å². The van der Waals surface area contributed by atoms with Crippen molar-refractivity contribution in [2.75, 3.05) is 13.2 Å². The second-order valence-electron chi connectivity index (χ2n) is 3.05. The van der Waals surface area contributed by atoms with Gasteiger partial charge in [-0.3, -0.25) is 4.79 Å². The first-order valence-electron chi connectivity index (χ1n) is 4.74. The Morgan fingerprint density at radius 3 is 2.87 bits per heavy atom. The summed E-state index contributed by atoms with van der Waals surface area (Å²) in [6.07, 6.45) is 2.88. The third kappa shape index (κ3) is 4.27. The molecule has 5 heteroatoms. The summed E-state index contributed by atoms with van der Waals surface area (Å²) in [5.74, 6) is -0.218. The number of pyridine rings is 1. The Hall–Kier alpha value is -1.13. The first-order chi connectivity index (χ1) is 7.24. The molecule has 0 aromatic carbocycles. The smallest absolute Gasteiger partial charge is 0.269 e. The molecular formula is C10H13ClN2O2. The summed E-state index contributed by atoms with van der Waals surface area (Å²) >= 11 is 5.64. The van der Waals surface area contributed by atoms with E-state index < -0.39 is 0 Å². The molecule has 0 aliphatic carbocycles. The lowest BCUT2D eigenvalue weighted by Crippen LogP contribution is -2.25. The van der Waals surface area contributed by atoms with Crippen LogP contribution in [-0.4, -0.2) is 29.1 Å². The molecular weight excluding hydrogens is 216 g/mol. The zero-order chi connectivity index (χ0) is 11.1. The number of hydrogen-bond acceptors (Lipinski definition) is 3. The Kier molecular flexibility index (Phi) is 5.07. The molecule has 0 aliphatic heterocycles. The summed E-state index contributed by atoms with van der Waals surface area (Å²) in [5.41, 5.74) is 0.350. The number of hydrogen-bond donors (Lipinski definition) is 2. The molecule has 15 heavy (non-hydrogen) atoms. The van der Waals surface area contributed by atoms with E-state index in [4.69, 9.17) is 16.7 Å². The van der Waals surface area contributed by atoms with Crippen LogP contribution in [0.3, 0.4) is 0 Å². The number of aliphatic hydroxyl groups excluding tert-OH is 1. The lowest BCUT2D eigenvalue weighted by Gasteiger charge is -2.03. The molecule has 0 saturated carbocycles. The first-order valence-corrected chi connectivity index (χ1v) is 5.12. The van der Waals surface area contributed by atoms with Gasteiger partial charge in [-0.1, -0.05) is 11.6 Å². The van der Waals surface area contributed by atoms with Crippen molar-refractivity contribution in [2.45, 2.75) is 12.8 Å². The average molecular weight is 229 g/mol. The molecule has 0 atom stereocenters. The normalized spacial score (nSPS) is 10.0. The van der Waals surface area contributed by atoms with E-state index in [0.717, 1.165) is 6.42 Å². The Labute approximate surface area is 93.3 Å². The quantitative estimate of drug-likeness (QED) is 0.746. The molecule has 0 unspecified atom stereocenters. The van der Waals surface area contributed by atoms with Gasteiger partial charge in [-0.2, -0.15) is 0 Å². The zero-order valence-corrected chi connectivity index (χ0v) is 9.00. The zero-order valence-electron chi connectivity index (χ0n) is 8.24. The van der Waals surface area contributed by atoms with Crippen LogP contribution in [0.25, 0.3) is 0 Å². The summed E-state index contributed by atoms with van der Waals surface area (Å²) in [6.45, 7) is 0.693. The van der Waals surface area contributed by atoms with Gasteiger partial charge in [-0.05, 0) is 25.0 Å². The molecule has 0 spiro atoms. The van der Waals surface area contributed by atoms with E-state index in [2.05, 4.69) is 10.3 Å². The fourth-order valence-electron chi connectivity index (χ4n) is 1.04. The van der Waals surface area contributed by atoms with Gasteiger partial charge in [-0.15, -0.1) is 0 Å². The molecule has 1 rings (SSSR count). The number of rotatable bonds is 5. The number of halogens is 1. The standard InChI is InChI=1S/C10H13ClN2O2/c11-8-3-4-9(13-7-8)10(15)12-5-1-2-6-14/h3-4,7,14H,1-2,5-6H2,(H,12,15). The molecule has 1 amide bonds. The second-order valence-corrected chi connectivity index (χ2v) is 3.48. The number of carbonyl (C=O) groups is 1. The van der Waals surface area contributed by atoms with Crippen LogP contribution in [0.5, 0.6) is 0 Å². The van der Waals surface area contributed by atoms with E-state index in [1.54, 1.807) is 12.1 Å². The summed E-state index contributed by atoms with van der Waals surface area (Å²) in [6, 6.07) is 3.20. The molecule has 0 aliphatic rings. The van der Waals surface area contributed by atoms with E-state index in [9.17, 15) is 4.79 Å². The average Bonchev–Trinajstić information content (AvgIpc) is 2.25. The van der Waals surface area contributed by atoms with Gasteiger partial charge in [-0.25, -0.2) is 4.98 Å². The van der Waals surface area contributed by atoms with Crippen LogP contribution < -0.4 is 5.32 Å². The van der Waals surface area contributed by atoms with E-state index in [1.807, 2.05) is 0 Å². The molecule has 0 radical (unpaired) electrons. The van der Waals surface area contributed by atoms with Crippen molar-refractivity contribution in [1.29, 1.82) is 0 Å². The third-order valence-electron chi connectivity index (χ3n) is 1.83. The van der Waals surface area contributed by atoms with Crippen LogP contribution in [0, 0.1) is 0 Å². The highest BCUT2D eigenvalue weighted by atomic mass is 35.5. The number of aromatic nitrogens is 1. The summed E-state index contributed by atoms with van der Waals surface area (Å²) in [5, 5.41) is 11.7. The van der Waals surface area contributed by atoms with Crippen molar-refractivity contribution >= 4 is 17.5 Å². The Morgan fingerprint density at radius 1 is 1.47 bits per heavy atom. The number of amides is 1. The number of unbranched alkanes of at least 4 members (excludes halogenated alkanes) is 1. The predicted octanol–water partition coefficient (Wildman–Crippen LogP) is 1.24. The molecule has 2 N–H and O–H groups in total. The van der Waals surface area contributed by atoms with Crippen molar-refractivity contribution in [1.82, 2.24) is 10.3 Å². The molecule has 0 bridgehead atoms. The molecule has 0 fully saturated rings. The van der Waals surface area contributed by atoms with Gasteiger partial charge in [0, 0.05) is 19.3 Å². The van der Waals surface area contributed by atoms with Crippen molar-refractivity contribution in [3.8, 4) is 0 Å². The van der Waals surface area contributed by atoms with Gasteiger partial charge in [0.15, 0.2) is 0 Å². The van der Waals surface area contributed by atoms with Gasteiger partial charge in [0.2, 0.25) is 0 Å². The minimum Gasteiger partial charge on any atom is -0.396 e. The minimum atomic E-state index is -0.218. The summed E-state index contributed by atoms with van der Waals surface area (Å²) in [4.78, 5) is 15.3. The maximum absolute atomic E-state index is 11.4. The highest BCUT2D eigenvalue weighted by Gasteiger charge is 2.05. The Balaban J connectivity index is 2.37. The van der Waals surface area contributed by atoms with Gasteiger partial charge in [0.25, 0.3) is 5.91 Å². The predicted molar refractivity (Wildman–Crippen MR) is 57.9 cm³/mol. The van der Waals surface area contributed by atoms with E-state index in [0.29, 0.717) is 23.7 Å². The molecule has 1 aromatic rings. The SMILES string of the molecule is O=C(NCCCCO)c1ccc(Cl)cn1. The van der Waals surface area contributed by atoms with Crippen molar-refractivity contribution in [3.63, 3.8) is 0 Å². The lowest BCUT2D eigenvalue weighted by atomic mass is 10.3. The number of carbonyl (C=O) groups excluding carboxylic acids is 1. The van der Waals surface area contributed by atoms with Gasteiger partial charge in [0.05, 0.1) is 5.02 Å². The highest BCUT2D eigenvalue weighted by Crippen LogP contribution is 2.05. The van der Waals surface area contributed by atoms with Gasteiger partial charge >= 0.3 is 0 Å². The van der Waals surface area contributed by atoms with E-state index >= 15 is 0 Å². The number of aliphatic hydroxyl groups is 1.